The molecule has 0 saturated carbocycles. The molecule has 8 rings (SSSR count). The second kappa shape index (κ2) is 16.0. The molecule has 3 aromatic heterocycles. The van der Waals surface area contributed by atoms with E-state index in [9.17, 15) is 9.59 Å². The van der Waals surface area contributed by atoms with Crippen LogP contribution in [-0.2, 0) is 9.59 Å². The van der Waals surface area contributed by atoms with E-state index in [-0.39, 0.29) is 42.0 Å². The van der Waals surface area contributed by atoms with Crippen LogP contribution in [0.5, 0.6) is 0 Å². The van der Waals surface area contributed by atoms with Crippen LogP contribution in [0.15, 0.2) is 96.6 Å². The van der Waals surface area contributed by atoms with Gasteiger partial charge in [-0.05, 0) is 65.0 Å². The molecule has 56 heavy (non-hydrogen) atoms. The number of aromatic nitrogens is 6. The van der Waals surface area contributed by atoms with Gasteiger partial charge in [0.25, 0.3) is 0 Å². The number of hydrogen-bond acceptors (Lipinski definition) is 10. The lowest BCUT2D eigenvalue weighted by Gasteiger charge is -2.31. The average Bonchev–Trinajstić information content (AvgIpc) is 4.06. The molecule has 14 heteroatoms. The number of imidazole rings is 2. The molecule has 3 aliphatic rings. The Morgan fingerprint density at radius 1 is 0.679 bits per heavy atom. The Morgan fingerprint density at radius 3 is 1.73 bits per heavy atom. The summed E-state index contributed by atoms with van der Waals surface area (Å²) in [5.41, 5.74) is 5.48. The fourth-order valence-corrected chi connectivity index (χ4v) is 8.17. The number of rotatable bonds is 11. The number of amides is 2. The smallest absolute Gasteiger partial charge is 0.245 e. The number of hydrogen-bond donors (Lipinski definition) is 3. The number of likely N-dealkylation sites (tertiary alicyclic amines) is 2. The van der Waals surface area contributed by atoms with Gasteiger partial charge in [0.2, 0.25) is 11.8 Å². The average molecular weight is 753 g/mol. The van der Waals surface area contributed by atoms with Crippen molar-refractivity contribution in [2.45, 2.75) is 55.9 Å². The Morgan fingerprint density at radius 2 is 1.21 bits per heavy atom. The lowest BCUT2D eigenvalue weighted by molar-refractivity contribution is -0.138. The third kappa shape index (κ3) is 7.37. The lowest BCUT2D eigenvalue weighted by Crippen LogP contribution is -2.40. The zero-order valence-corrected chi connectivity index (χ0v) is 32.2. The first kappa shape index (κ1) is 37.0. The first-order valence-corrected chi connectivity index (χ1v) is 19.2. The highest BCUT2D eigenvalue weighted by atomic mass is 16.2. The molecule has 1 unspecified atom stereocenters. The minimum atomic E-state index is -0.371. The molecule has 2 aromatic carbocycles. The van der Waals surface area contributed by atoms with Gasteiger partial charge in [-0.15, -0.1) is 0 Å². The van der Waals surface area contributed by atoms with Gasteiger partial charge in [0.1, 0.15) is 46.9 Å². The van der Waals surface area contributed by atoms with Crippen molar-refractivity contribution in [1.29, 1.82) is 0 Å². The van der Waals surface area contributed by atoms with Crippen molar-refractivity contribution in [3.8, 4) is 11.4 Å². The number of likely N-dealkylation sites (N-methyl/N-ethyl adjacent to an activating group) is 2. The number of carbonyl (C=O) groups excluding carboxylic acids is 2. The van der Waals surface area contributed by atoms with Crippen molar-refractivity contribution in [1.82, 2.24) is 54.8 Å². The fraction of sp³-hybridized carbons (Fsp3) is 0.357. The van der Waals surface area contributed by atoms with Gasteiger partial charge >= 0.3 is 0 Å². The summed E-state index contributed by atoms with van der Waals surface area (Å²) in [6.45, 7) is 1.38. The van der Waals surface area contributed by atoms with E-state index in [0.29, 0.717) is 30.2 Å². The van der Waals surface area contributed by atoms with E-state index < -0.39 is 0 Å². The molecular formula is C42H48N12O2. The van der Waals surface area contributed by atoms with E-state index in [1.807, 2.05) is 127 Å². The third-order valence-corrected chi connectivity index (χ3v) is 10.9. The maximum absolute atomic E-state index is 13.9. The van der Waals surface area contributed by atoms with Crippen molar-refractivity contribution >= 4 is 23.7 Å². The highest BCUT2D eigenvalue weighted by Crippen LogP contribution is 2.36. The highest BCUT2D eigenvalue weighted by molar-refractivity contribution is 5.85. The zero-order chi connectivity index (χ0) is 38.8. The van der Waals surface area contributed by atoms with Crippen molar-refractivity contribution in [3.63, 3.8) is 0 Å². The van der Waals surface area contributed by atoms with Crippen LogP contribution in [0.4, 0.5) is 0 Å². The predicted octanol–water partition coefficient (Wildman–Crippen LogP) is 5.24. The molecule has 0 bridgehead atoms. The Bertz CT molecular complexity index is 2190. The molecule has 3 aliphatic heterocycles. The lowest BCUT2D eigenvalue weighted by atomic mass is 10.0. The number of aliphatic imine (C=N–C) groups is 1. The van der Waals surface area contributed by atoms with E-state index in [1.54, 1.807) is 18.6 Å². The van der Waals surface area contributed by atoms with E-state index in [1.165, 1.54) is 0 Å². The fourth-order valence-electron chi connectivity index (χ4n) is 8.17. The molecule has 3 N–H and O–H groups in total. The summed E-state index contributed by atoms with van der Waals surface area (Å²) in [5, 5.41) is 3.41. The number of aromatic amines is 2. The molecule has 14 nitrogen and oxygen atoms in total. The molecular weight excluding hydrogens is 705 g/mol. The van der Waals surface area contributed by atoms with Gasteiger partial charge in [0, 0.05) is 25.5 Å². The van der Waals surface area contributed by atoms with Crippen LogP contribution in [0.2, 0.25) is 0 Å². The summed E-state index contributed by atoms with van der Waals surface area (Å²) in [6, 6.07) is 18.6. The number of carbonyl (C=O) groups is 2. The third-order valence-electron chi connectivity index (χ3n) is 10.9. The standard InChI is InChI=1S/C42H48N12O2/c1-51(2)37(27-13-7-5-8-14-27)41(55)53-19-11-17-35(53)39-47-25-33(49-39)31-23-43-29(21-45-31)30-22-46-32(24-44-30)34-26-48-40(50-34)36-18-12-20-54(36)42(56)38(52(3)4)28-15-9-6-10-16-28/h5-10,13-16,21-26,31,35-38,45H,11-12,17-20H2,1-4H3,(H,47,49)(H,48,50)/t31?,35-,36-,37+,38+/m0/s1. The monoisotopic (exact) mass is 752 g/mol. The Hall–Kier alpha value is -5.99. The van der Waals surface area contributed by atoms with Crippen LogP contribution in [0.3, 0.4) is 0 Å². The van der Waals surface area contributed by atoms with Crippen molar-refractivity contribution in [3.05, 3.63) is 126 Å². The van der Waals surface area contributed by atoms with E-state index in [4.69, 9.17) is 15.0 Å². The SMILES string of the molecule is CN(C)[C@@H](C(=O)N1CCC[C@H]1c1ncc(-c2cnc(C3=CNC(c4cnc([C@@H]5CCCN5C(=O)[C@@H](c5ccccc5)N(C)C)[nH]4)C=N3)cn2)[nH]1)c1ccccc1. The van der Waals surface area contributed by atoms with Gasteiger partial charge in [0.15, 0.2) is 0 Å². The Balaban J connectivity index is 0.903. The molecule has 5 aromatic rings. The second-order valence-corrected chi connectivity index (χ2v) is 15.1. The Kier molecular flexibility index (Phi) is 10.6. The van der Waals surface area contributed by atoms with Gasteiger partial charge in [-0.3, -0.25) is 34.3 Å². The van der Waals surface area contributed by atoms with Crippen LogP contribution in [0, 0.1) is 0 Å². The minimum Gasteiger partial charge on any atom is -0.376 e. The Labute approximate surface area is 326 Å². The molecule has 0 radical (unpaired) electrons. The largest absolute Gasteiger partial charge is 0.376 e. The van der Waals surface area contributed by atoms with Gasteiger partial charge in [-0.2, -0.15) is 0 Å². The summed E-state index contributed by atoms with van der Waals surface area (Å²) >= 11 is 0. The van der Waals surface area contributed by atoms with Crippen molar-refractivity contribution < 1.29 is 9.59 Å². The normalized spacial score (nSPS) is 20.7. The summed E-state index contributed by atoms with van der Waals surface area (Å²) in [5.74, 6) is 1.68. The number of benzene rings is 2. The van der Waals surface area contributed by atoms with Crippen LogP contribution >= 0.6 is 0 Å². The first-order chi connectivity index (χ1) is 27.3. The van der Waals surface area contributed by atoms with Crippen LogP contribution in [-0.4, -0.2) is 109 Å². The van der Waals surface area contributed by atoms with E-state index in [2.05, 4.69) is 25.3 Å². The summed E-state index contributed by atoms with van der Waals surface area (Å²) in [6.07, 6.45) is 14.2. The van der Waals surface area contributed by atoms with Gasteiger partial charge in [0.05, 0.1) is 48.3 Å². The zero-order valence-electron chi connectivity index (χ0n) is 32.2. The molecule has 0 aliphatic carbocycles. The molecule has 2 saturated heterocycles. The summed E-state index contributed by atoms with van der Waals surface area (Å²) < 4.78 is 0. The van der Waals surface area contributed by atoms with Gasteiger partial charge in [-0.25, -0.2) is 9.97 Å². The van der Waals surface area contributed by atoms with E-state index >= 15 is 0 Å². The topological polar surface area (TPSA) is 155 Å². The molecule has 0 spiro atoms. The molecule has 288 valence electrons. The second-order valence-electron chi connectivity index (χ2n) is 15.1. The molecule has 2 amide bonds. The van der Waals surface area contributed by atoms with Gasteiger partial charge in [-0.1, -0.05) is 60.7 Å². The maximum Gasteiger partial charge on any atom is 0.245 e. The minimum absolute atomic E-state index is 0.0701. The molecule has 6 heterocycles. The van der Waals surface area contributed by atoms with Crippen molar-refractivity contribution in [2.24, 2.45) is 4.99 Å². The number of nitrogens with zero attached hydrogens (tertiary/aromatic N) is 9. The highest BCUT2D eigenvalue weighted by Gasteiger charge is 2.38. The quantitative estimate of drug-likeness (QED) is 0.165. The predicted molar refractivity (Wildman–Crippen MR) is 214 cm³/mol. The summed E-state index contributed by atoms with van der Waals surface area (Å²) in [7, 11) is 7.77. The van der Waals surface area contributed by atoms with Gasteiger partial charge < -0.3 is 25.1 Å². The summed E-state index contributed by atoms with van der Waals surface area (Å²) in [4.78, 5) is 66.0. The number of nitrogens with one attached hydrogen (secondary N) is 3. The van der Waals surface area contributed by atoms with E-state index in [0.717, 1.165) is 59.8 Å². The van der Waals surface area contributed by atoms with Crippen LogP contribution in [0.1, 0.15) is 90.1 Å². The first-order valence-electron chi connectivity index (χ1n) is 19.2. The van der Waals surface area contributed by atoms with Crippen LogP contribution in [0.25, 0.3) is 17.1 Å². The number of H-pyrrole nitrogens is 2. The maximum atomic E-state index is 13.9. The molecule has 2 fully saturated rings. The van der Waals surface area contributed by atoms with Crippen LogP contribution < -0.4 is 5.32 Å². The molecule has 5 atom stereocenters. The van der Waals surface area contributed by atoms with Crippen molar-refractivity contribution in [2.75, 3.05) is 41.3 Å².